The molecule has 1 fully saturated rings. The molecule has 17 heavy (non-hydrogen) atoms. The molecule has 1 saturated heterocycles. The fourth-order valence-electron chi connectivity index (χ4n) is 1.77. The van der Waals surface area contributed by atoms with Gasteiger partial charge >= 0.3 is 0 Å². The van der Waals surface area contributed by atoms with Crippen molar-refractivity contribution < 1.29 is 14.3 Å². The molecule has 0 spiro atoms. The number of hydrogen-bond donors (Lipinski definition) is 1. The van der Waals surface area contributed by atoms with E-state index in [1.165, 1.54) is 0 Å². The lowest BCUT2D eigenvalue weighted by atomic mass is 10.2. The van der Waals surface area contributed by atoms with E-state index in [-0.39, 0.29) is 11.8 Å². The lowest BCUT2D eigenvalue weighted by molar-refractivity contribution is -0.139. The van der Waals surface area contributed by atoms with Gasteiger partial charge in [0.15, 0.2) is 0 Å². The smallest absolute Gasteiger partial charge is 0.245 e. The third kappa shape index (κ3) is 4.73. The summed E-state index contributed by atoms with van der Waals surface area (Å²) in [5.74, 6) is -0.0564. The zero-order chi connectivity index (χ0) is 12.7. The summed E-state index contributed by atoms with van der Waals surface area (Å²) in [4.78, 5) is 25.2. The van der Waals surface area contributed by atoms with E-state index in [1.807, 2.05) is 6.92 Å². The molecule has 0 aromatic rings. The van der Waals surface area contributed by atoms with Crippen LogP contribution in [0.1, 0.15) is 33.1 Å². The summed E-state index contributed by atoms with van der Waals surface area (Å²) < 4.78 is 5.18. The van der Waals surface area contributed by atoms with Crippen molar-refractivity contribution in [2.75, 3.05) is 26.3 Å². The van der Waals surface area contributed by atoms with E-state index in [2.05, 4.69) is 5.32 Å². The number of carbonyl (C=O) groups is 2. The van der Waals surface area contributed by atoms with Gasteiger partial charge in [0.05, 0.1) is 13.2 Å². The molecule has 5 nitrogen and oxygen atoms in total. The topological polar surface area (TPSA) is 58.6 Å². The Morgan fingerprint density at radius 3 is 2.59 bits per heavy atom. The van der Waals surface area contributed by atoms with E-state index in [0.717, 1.165) is 12.8 Å². The van der Waals surface area contributed by atoms with Gasteiger partial charge in [0.1, 0.15) is 6.04 Å². The lowest BCUT2D eigenvalue weighted by Gasteiger charge is -2.29. The van der Waals surface area contributed by atoms with Crippen molar-refractivity contribution in [1.82, 2.24) is 10.2 Å². The fraction of sp³-hybridized carbons (Fsp3) is 0.833. The molecule has 0 bridgehead atoms. The highest BCUT2D eigenvalue weighted by Gasteiger charge is 2.23. The predicted octanol–water partition coefficient (Wildman–Crippen LogP) is 0.540. The lowest BCUT2D eigenvalue weighted by Crippen LogP contribution is -2.50. The van der Waals surface area contributed by atoms with Gasteiger partial charge in [-0.25, -0.2) is 0 Å². The number of nitrogens with one attached hydrogen (secondary N) is 1. The Morgan fingerprint density at radius 2 is 2.00 bits per heavy atom. The summed E-state index contributed by atoms with van der Waals surface area (Å²) in [5.41, 5.74) is 0. The molecule has 0 aliphatic carbocycles. The molecule has 1 rings (SSSR count). The van der Waals surface area contributed by atoms with E-state index in [4.69, 9.17) is 4.74 Å². The number of carbonyl (C=O) groups excluding carboxylic acids is 2. The molecule has 0 saturated carbocycles. The van der Waals surface area contributed by atoms with Crippen LogP contribution in [0, 0.1) is 0 Å². The third-order valence-electron chi connectivity index (χ3n) is 2.83. The minimum atomic E-state index is -0.433. The first-order valence-electron chi connectivity index (χ1n) is 6.31. The summed E-state index contributed by atoms with van der Waals surface area (Å²) in [7, 11) is 0. The van der Waals surface area contributed by atoms with E-state index in [0.29, 0.717) is 32.7 Å². The SMILES string of the molecule is CCCCC(=O)N[C@@H](C)C(=O)N1CCOCC1. The molecule has 0 radical (unpaired) electrons. The van der Waals surface area contributed by atoms with Gasteiger partial charge in [0.25, 0.3) is 0 Å². The molecule has 5 heteroatoms. The van der Waals surface area contributed by atoms with Crippen LogP contribution in [-0.2, 0) is 14.3 Å². The van der Waals surface area contributed by atoms with Gasteiger partial charge in [-0.05, 0) is 13.3 Å². The Bertz CT molecular complexity index is 262. The molecule has 2 amide bonds. The van der Waals surface area contributed by atoms with Gasteiger partial charge in [-0.2, -0.15) is 0 Å². The number of amides is 2. The highest BCUT2D eigenvalue weighted by Crippen LogP contribution is 2.01. The van der Waals surface area contributed by atoms with Crippen molar-refractivity contribution in [1.29, 1.82) is 0 Å². The molecule has 1 aliphatic heterocycles. The van der Waals surface area contributed by atoms with Crippen LogP contribution >= 0.6 is 0 Å². The fourth-order valence-corrected chi connectivity index (χ4v) is 1.77. The van der Waals surface area contributed by atoms with Crippen LogP contribution in [0.5, 0.6) is 0 Å². The quantitative estimate of drug-likeness (QED) is 0.765. The van der Waals surface area contributed by atoms with Crippen molar-refractivity contribution in [3.05, 3.63) is 0 Å². The summed E-state index contributed by atoms with van der Waals surface area (Å²) in [6, 6.07) is -0.433. The minimum Gasteiger partial charge on any atom is -0.378 e. The normalized spacial score (nSPS) is 17.6. The van der Waals surface area contributed by atoms with Crippen molar-refractivity contribution in [3.63, 3.8) is 0 Å². The second kappa shape index (κ2) is 7.27. The summed E-state index contributed by atoms with van der Waals surface area (Å²) in [6.45, 7) is 6.18. The standard InChI is InChI=1S/C12H22N2O3/c1-3-4-5-11(15)13-10(2)12(16)14-6-8-17-9-7-14/h10H,3-9H2,1-2H3,(H,13,15)/t10-/m0/s1. The molecule has 1 heterocycles. The van der Waals surface area contributed by atoms with Crippen LogP contribution in [-0.4, -0.2) is 49.1 Å². The van der Waals surface area contributed by atoms with E-state index < -0.39 is 6.04 Å². The van der Waals surface area contributed by atoms with Gasteiger partial charge in [-0.3, -0.25) is 9.59 Å². The first kappa shape index (κ1) is 14.0. The molecule has 1 aliphatic rings. The Balaban J connectivity index is 2.32. The highest BCUT2D eigenvalue weighted by molar-refractivity contribution is 5.87. The van der Waals surface area contributed by atoms with Crippen LogP contribution < -0.4 is 5.32 Å². The maximum atomic E-state index is 12.0. The Kier molecular flexibility index (Phi) is 5.97. The van der Waals surface area contributed by atoms with Crippen LogP contribution in [0.25, 0.3) is 0 Å². The number of nitrogens with zero attached hydrogens (tertiary/aromatic N) is 1. The number of ether oxygens (including phenoxy) is 1. The van der Waals surface area contributed by atoms with Gasteiger partial charge in [0.2, 0.25) is 11.8 Å². The number of unbranched alkanes of at least 4 members (excludes halogenated alkanes) is 1. The maximum absolute atomic E-state index is 12.0. The van der Waals surface area contributed by atoms with E-state index in [1.54, 1.807) is 11.8 Å². The molecule has 0 aromatic heterocycles. The predicted molar refractivity (Wildman–Crippen MR) is 64.5 cm³/mol. The second-order valence-corrected chi connectivity index (χ2v) is 4.33. The van der Waals surface area contributed by atoms with Gasteiger partial charge in [-0.15, -0.1) is 0 Å². The van der Waals surface area contributed by atoms with Crippen molar-refractivity contribution in [2.45, 2.75) is 39.2 Å². The maximum Gasteiger partial charge on any atom is 0.245 e. The van der Waals surface area contributed by atoms with Gasteiger partial charge in [0, 0.05) is 19.5 Å². The Hall–Kier alpha value is -1.10. The van der Waals surface area contributed by atoms with Crippen molar-refractivity contribution >= 4 is 11.8 Å². The van der Waals surface area contributed by atoms with Crippen LogP contribution in [0.4, 0.5) is 0 Å². The number of hydrogen-bond acceptors (Lipinski definition) is 3. The molecule has 0 aromatic carbocycles. The van der Waals surface area contributed by atoms with E-state index >= 15 is 0 Å². The molecular weight excluding hydrogens is 220 g/mol. The first-order valence-corrected chi connectivity index (χ1v) is 6.31. The third-order valence-corrected chi connectivity index (χ3v) is 2.83. The van der Waals surface area contributed by atoms with Crippen LogP contribution in [0.15, 0.2) is 0 Å². The zero-order valence-electron chi connectivity index (χ0n) is 10.7. The molecule has 98 valence electrons. The summed E-state index contributed by atoms with van der Waals surface area (Å²) >= 11 is 0. The zero-order valence-corrected chi connectivity index (χ0v) is 10.7. The van der Waals surface area contributed by atoms with Crippen LogP contribution in [0.2, 0.25) is 0 Å². The Morgan fingerprint density at radius 1 is 1.35 bits per heavy atom. The minimum absolute atomic E-state index is 0.0156. The largest absolute Gasteiger partial charge is 0.378 e. The molecule has 1 atom stereocenters. The van der Waals surface area contributed by atoms with Gasteiger partial charge < -0.3 is 15.0 Å². The first-order chi connectivity index (χ1) is 8.15. The van der Waals surface area contributed by atoms with E-state index in [9.17, 15) is 9.59 Å². The summed E-state index contributed by atoms with van der Waals surface area (Å²) in [5, 5.41) is 2.74. The van der Waals surface area contributed by atoms with Crippen LogP contribution in [0.3, 0.4) is 0 Å². The molecule has 0 unspecified atom stereocenters. The Labute approximate surface area is 102 Å². The molecular formula is C12H22N2O3. The highest BCUT2D eigenvalue weighted by atomic mass is 16.5. The summed E-state index contributed by atoms with van der Waals surface area (Å²) in [6.07, 6.45) is 2.35. The average molecular weight is 242 g/mol. The number of morpholine rings is 1. The van der Waals surface area contributed by atoms with Crippen molar-refractivity contribution in [3.8, 4) is 0 Å². The second-order valence-electron chi connectivity index (χ2n) is 4.33. The average Bonchev–Trinajstić information content (AvgIpc) is 2.36. The van der Waals surface area contributed by atoms with Gasteiger partial charge in [-0.1, -0.05) is 13.3 Å². The molecule has 1 N–H and O–H groups in total. The van der Waals surface area contributed by atoms with Crippen molar-refractivity contribution in [2.24, 2.45) is 0 Å². The number of rotatable bonds is 5. The monoisotopic (exact) mass is 242 g/mol.